The van der Waals surface area contributed by atoms with Gasteiger partial charge in [-0.15, -0.1) is 0 Å². The summed E-state index contributed by atoms with van der Waals surface area (Å²) in [6.45, 7) is 1.03. The van der Waals surface area contributed by atoms with Gasteiger partial charge in [0.2, 0.25) is 5.89 Å². The molecule has 1 heterocycles. The van der Waals surface area contributed by atoms with Crippen LogP contribution >= 0.6 is 0 Å². The number of rotatable bonds is 9. The highest BCUT2D eigenvalue weighted by Gasteiger charge is 2.25. The van der Waals surface area contributed by atoms with Gasteiger partial charge >= 0.3 is 18.0 Å². The standard InChI is InChI=1S/C12H19N5O7/c1-5(18)9(11(21)22)16-12(23)14-4-7-15-10(17-24-7)6(13)2-3-8(19)20/h5-6,9,18H,2-4,13H2,1H3,(H,19,20)(H,21,22)(H2,14,16,23). The molecule has 2 amide bonds. The fraction of sp³-hybridized carbons (Fsp3) is 0.583. The van der Waals surface area contributed by atoms with E-state index < -0.39 is 36.2 Å². The zero-order chi connectivity index (χ0) is 18.3. The number of amides is 2. The summed E-state index contributed by atoms with van der Waals surface area (Å²) >= 11 is 0. The number of nitrogens with two attached hydrogens (primary N) is 1. The van der Waals surface area contributed by atoms with Crippen molar-refractivity contribution in [3.63, 3.8) is 0 Å². The quantitative estimate of drug-likeness (QED) is 0.308. The molecule has 0 spiro atoms. The molecule has 0 radical (unpaired) electrons. The third-order valence-electron chi connectivity index (χ3n) is 2.92. The van der Waals surface area contributed by atoms with E-state index in [1.807, 2.05) is 0 Å². The number of urea groups is 1. The molecule has 0 aromatic carbocycles. The molecule has 0 bridgehead atoms. The number of aliphatic hydroxyl groups excluding tert-OH is 1. The molecule has 0 saturated heterocycles. The van der Waals surface area contributed by atoms with E-state index in [4.69, 9.17) is 20.5 Å². The molecule has 0 aliphatic carbocycles. The van der Waals surface area contributed by atoms with Crippen LogP contribution in [0.4, 0.5) is 4.79 Å². The molecule has 24 heavy (non-hydrogen) atoms. The summed E-state index contributed by atoms with van der Waals surface area (Å²) in [4.78, 5) is 36.8. The zero-order valence-corrected chi connectivity index (χ0v) is 12.8. The van der Waals surface area contributed by atoms with Crippen LogP contribution in [-0.4, -0.2) is 55.6 Å². The SMILES string of the molecule is CC(O)C(NC(=O)NCc1nc(C(N)CCC(=O)O)no1)C(=O)O. The normalized spacial score (nSPS) is 14.5. The summed E-state index contributed by atoms with van der Waals surface area (Å²) in [5, 5.41) is 34.6. The molecule has 12 nitrogen and oxygen atoms in total. The van der Waals surface area contributed by atoms with Crippen LogP contribution < -0.4 is 16.4 Å². The third-order valence-corrected chi connectivity index (χ3v) is 2.92. The lowest BCUT2D eigenvalue weighted by atomic mass is 10.1. The lowest BCUT2D eigenvalue weighted by Gasteiger charge is -2.16. The van der Waals surface area contributed by atoms with E-state index in [-0.39, 0.29) is 31.1 Å². The predicted molar refractivity (Wildman–Crippen MR) is 76.6 cm³/mol. The Morgan fingerprint density at radius 1 is 1.33 bits per heavy atom. The molecule has 1 aromatic heterocycles. The van der Waals surface area contributed by atoms with Crippen LogP contribution in [0.3, 0.4) is 0 Å². The molecule has 1 rings (SSSR count). The maximum Gasteiger partial charge on any atom is 0.328 e. The van der Waals surface area contributed by atoms with Crippen molar-refractivity contribution in [3.05, 3.63) is 11.7 Å². The Hall–Kier alpha value is -2.73. The molecule has 1 aromatic rings. The third kappa shape index (κ3) is 6.18. The molecular weight excluding hydrogens is 326 g/mol. The van der Waals surface area contributed by atoms with Gasteiger partial charge in [-0.05, 0) is 13.3 Å². The summed E-state index contributed by atoms with van der Waals surface area (Å²) in [5.41, 5.74) is 5.70. The number of carboxylic acids is 2. The van der Waals surface area contributed by atoms with Crippen molar-refractivity contribution in [3.8, 4) is 0 Å². The van der Waals surface area contributed by atoms with Gasteiger partial charge in [0, 0.05) is 6.42 Å². The fourth-order valence-electron chi connectivity index (χ4n) is 1.64. The summed E-state index contributed by atoms with van der Waals surface area (Å²) < 4.78 is 4.85. The maximum atomic E-state index is 11.6. The largest absolute Gasteiger partial charge is 0.481 e. The summed E-state index contributed by atoms with van der Waals surface area (Å²) in [5.74, 6) is -2.28. The van der Waals surface area contributed by atoms with Crippen molar-refractivity contribution in [2.24, 2.45) is 5.73 Å². The van der Waals surface area contributed by atoms with Crippen LogP contribution in [0, 0.1) is 0 Å². The summed E-state index contributed by atoms with van der Waals surface area (Å²) in [7, 11) is 0. The van der Waals surface area contributed by atoms with Gasteiger partial charge in [0.15, 0.2) is 11.9 Å². The van der Waals surface area contributed by atoms with Gasteiger partial charge in [-0.25, -0.2) is 9.59 Å². The monoisotopic (exact) mass is 345 g/mol. The van der Waals surface area contributed by atoms with Crippen LogP contribution in [0.2, 0.25) is 0 Å². The number of nitrogens with one attached hydrogen (secondary N) is 2. The molecule has 3 unspecified atom stereocenters. The van der Waals surface area contributed by atoms with Crippen LogP contribution in [0.15, 0.2) is 4.52 Å². The average Bonchev–Trinajstić information content (AvgIpc) is 2.96. The number of carbonyl (C=O) groups excluding carboxylic acids is 1. The molecule has 0 aliphatic heterocycles. The van der Waals surface area contributed by atoms with E-state index in [2.05, 4.69) is 20.8 Å². The molecule has 3 atom stereocenters. The van der Waals surface area contributed by atoms with E-state index in [1.165, 1.54) is 6.92 Å². The minimum absolute atomic E-state index is 0.00912. The van der Waals surface area contributed by atoms with E-state index in [9.17, 15) is 19.5 Å². The molecule has 134 valence electrons. The lowest BCUT2D eigenvalue weighted by Crippen LogP contribution is -2.51. The second kappa shape index (κ2) is 8.79. The van der Waals surface area contributed by atoms with E-state index >= 15 is 0 Å². The maximum absolute atomic E-state index is 11.6. The first kappa shape index (κ1) is 19.3. The first-order valence-electron chi connectivity index (χ1n) is 6.95. The van der Waals surface area contributed by atoms with Gasteiger partial charge in [0.05, 0.1) is 18.7 Å². The van der Waals surface area contributed by atoms with Gasteiger partial charge in [0.25, 0.3) is 0 Å². The summed E-state index contributed by atoms with van der Waals surface area (Å²) in [6.07, 6.45) is -1.31. The number of carbonyl (C=O) groups is 3. The van der Waals surface area contributed by atoms with E-state index in [0.717, 1.165) is 0 Å². The van der Waals surface area contributed by atoms with Gasteiger partial charge in [-0.1, -0.05) is 5.16 Å². The highest BCUT2D eigenvalue weighted by molar-refractivity contribution is 5.82. The lowest BCUT2D eigenvalue weighted by molar-refractivity contribution is -0.142. The number of aromatic nitrogens is 2. The number of aliphatic carboxylic acids is 2. The number of carboxylic acid groups (broad SMARTS) is 2. The second-order valence-electron chi connectivity index (χ2n) is 4.97. The van der Waals surface area contributed by atoms with Crippen LogP contribution in [0.1, 0.15) is 37.5 Å². The van der Waals surface area contributed by atoms with Crippen LogP contribution in [-0.2, 0) is 16.1 Å². The number of aliphatic hydroxyl groups is 1. The van der Waals surface area contributed by atoms with Crippen molar-refractivity contribution >= 4 is 18.0 Å². The first-order chi connectivity index (χ1) is 11.2. The predicted octanol–water partition coefficient (Wildman–Crippen LogP) is -1.43. The van der Waals surface area contributed by atoms with E-state index in [1.54, 1.807) is 0 Å². The van der Waals surface area contributed by atoms with Crippen molar-refractivity contribution in [1.29, 1.82) is 0 Å². The second-order valence-corrected chi connectivity index (χ2v) is 4.97. The highest BCUT2D eigenvalue weighted by atomic mass is 16.5. The smallest absolute Gasteiger partial charge is 0.328 e. The molecule has 0 fully saturated rings. The van der Waals surface area contributed by atoms with Gasteiger partial charge < -0.3 is 36.2 Å². The number of hydrogen-bond donors (Lipinski definition) is 6. The van der Waals surface area contributed by atoms with Gasteiger partial charge in [-0.3, -0.25) is 4.79 Å². The fourth-order valence-corrected chi connectivity index (χ4v) is 1.64. The zero-order valence-electron chi connectivity index (χ0n) is 12.8. The molecule has 0 aliphatic rings. The Morgan fingerprint density at radius 2 is 2.00 bits per heavy atom. The minimum atomic E-state index is -1.47. The molecule has 7 N–H and O–H groups in total. The highest BCUT2D eigenvalue weighted by Crippen LogP contribution is 2.12. The van der Waals surface area contributed by atoms with Crippen molar-refractivity contribution in [2.75, 3.05) is 0 Å². The van der Waals surface area contributed by atoms with E-state index in [0.29, 0.717) is 0 Å². The Bertz CT molecular complexity index is 588. The van der Waals surface area contributed by atoms with Crippen LogP contribution in [0.5, 0.6) is 0 Å². The van der Waals surface area contributed by atoms with Gasteiger partial charge in [-0.2, -0.15) is 4.98 Å². The molecule has 12 heteroatoms. The number of nitrogens with zero attached hydrogens (tertiary/aromatic N) is 2. The average molecular weight is 345 g/mol. The Balaban J connectivity index is 2.49. The van der Waals surface area contributed by atoms with Crippen molar-refractivity contribution in [2.45, 2.75) is 44.5 Å². The topological polar surface area (TPSA) is 201 Å². The Morgan fingerprint density at radius 3 is 2.54 bits per heavy atom. The van der Waals surface area contributed by atoms with Gasteiger partial charge in [0.1, 0.15) is 0 Å². The summed E-state index contributed by atoms with van der Waals surface area (Å²) in [6, 6.07) is -3.04. The Kier molecular flexibility index (Phi) is 7.07. The van der Waals surface area contributed by atoms with Crippen molar-refractivity contribution < 1.29 is 34.2 Å². The molecular formula is C12H19N5O7. The molecule has 0 saturated carbocycles. The first-order valence-corrected chi connectivity index (χ1v) is 6.95. The Labute approximate surface area is 136 Å². The van der Waals surface area contributed by atoms with Crippen LogP contribution in [0.25, 0.3) is 0 Å². The van der Waals surface area contributed by atoms with Crippen molar-refractivity contribution in [1.82, 2.24) is 20.8 Å². The minimum Gasteiger partial charge on any atom is -0.481 e. The number of hydrogen-bond acceptors (Lipinski definition) is 8.